The first-order valence-corrected chi connectivity index (χ1v) is 4.71. The Morgan fingerprint density at radius 2 is 2.23 bits per heavy atom. The minimum Gasteiger partial charge on any atom is -0.462 e. The maximum Gasteiger partial charge on any atom is 0.211 e. The number of alkyl halides is 1. The Bertz CT molecular complexity index is 289. The molecular formula is C9H10Cl2O2. The van der Waals surface area contributed by atoms with Gasteiger partial charge in [-0.2, -0.15) is 0 Å². The summed E-state index contributed by atoms with van der Waals surface area (Å²) in [7, 11) is 0. The van der Waals surface area contributed by atoms with Crippen LogP contribution in [0.15, 0.2) is 18.2 Å². The first-order chi connectivity index (χ1) is 6.13. The van der Waals surface area contributed by atoms with Crippen molar-refractivity contribution >= 4 is 23.2 Å². The van der Waals surface area contributed by atoms with E-state index in [0.717, 1.165) is 5.56 Å². The van der Waals surface area contributed by atoms with Crippen LogP contribution in [0.1, 0.15) is 5.56 Å². The van der Waals surface area contributed by atoms with Crippen molar-refractivity contribution in [3.8, 4) is 5.75 Å². The standard InChI is InChI=1S/C9H10Cl2O2/c1-6-2-3-8(7(11)4-6)13-9(12)5-10/h2-4,9,12H,5H2,1H3. The predicted octanol–water partition coefficient (Wildman–Crippen LogP) is 2.58. The molecule has 0 saturated heterocycles. The minimum absolute atomic E-state index is 0.0181. The number of halogens is 2. The van der Waals surface area contributed by atoms with E-state index >= 15 is 0 Å². The lowest BCUT2D eigenvalue weighted by molar-refractivity contribution is 0.00277. The van der Waals surface area contributed by atoms with E-state index in [1.54, 1.807) is 12.1 Å². The summed E-state index contributed by atoms with van der Waals surface area (Å²) in [5, 5.41) is 9.57. The van der Waals surface area contributed by atoms with Gasteiger partial charge in [-0.05, 0) is 24.6 Å². The van der Waals surface area contributed by atoms with Gasteiger partial charge in [0, 0.05) is 0 Å². The normalized spacial score (nSPS) is 12.6. The van der Waals surface area contributed by atoms with E-state index in [1.807, 2.05) is 13.0 Å². The molecular weight excluding hydrogens is 211 g/mol. The maximum atomic E-state index is 9.09. The molecule has 0 amide bonds. The van der Waals surface area contributed by atoms with Crippen molar-refractivity contribution in [1.82, 2.24) is 0 Å². The molecule has 1 unspecified atom stereocenters. The van der Waals surface area contributed by atoms with E-state index in [1.165, 1.54) is 0 Å². The zero-order valence-electron chi connectivity index (χ0n) is 7.13. The maximum absolute atomic E-state index is 9.09. The molecule has 0 bridgehead atoms. The Hall–Kier alpha value is -0.440. The zero-order valence-corrected chi connectivity index (χ0v) is 8.64. The number of ether oxygens (including phenoxy) is 1. The van der Waals surface area contributed by atoms with Gasteiger partial charge >= 0.3 is 0 Å². The Morgan fingerprint density at radius 3 is 2.77 bits per heavy atom. The van der Waals surface area contributed by atoms with Crippen molar-refractivity contribution in [3.63, 3.8) is 0 Å². The van der Waals surface area contributed by atoms with Crippen molar-refractivity contribution in [3.05, 3.63) is 28.8 Å². The highest BCUT2D eigenvalue weighted by molar-refractivity contribution is 6.32. The molecule has 0 saturated carbocycles. The van der Waals surface area contributed by atoms with Crippen molar-refractivity contribution in [2.75, 3.05) is 5.88 Å². The fourth-order valence-electron chi connectivity index (χ4n) is 0.880. The van der Waals surface area contributed by atoms with Crippen LogP contribution in [0.3, 0.4) is 0 Å². The smallest absolute Gasteiger partial charge is 0.211 e. The van der Waals surface area contributed by atoms with Crippen molar-refractivity contribution in [2.45, 2.75) is 13.2 Å². The molecule has 0 aliphatic rings. The van der Waals surface area contributed by atoms with Gasteiger partial charge in [0.05, 0.1) is 10.9 Å². The second-order valence-corrected chi connectivity index (χ2v) is 3.38. The summed E-state index contributed by atoms with van der Waals surface area (Å²) in [5.41, 5.74) is 1.04. The molecule has 1 N–H and O–H groups in total. The summed E-state index contributed by atoms with van der Waals surface area (Å²) in [4.78, 5) is 0. The van der Waals surface area contributed by atoms with Gasteiger partial charge in [0.15, 0.2) is 0 Å². The van der Waals surface area contributed by atoms with E-state index < -0.39 is 6.29 Å². The molecule has 1 aromatic carbocycles. The van der Waals surface area contributed by atoms with Crippen LogP contribution in [0, 0.1) is 6.92 Å². The van der Waals surface area contributed by atoms with E-state index in [-0.39, 0.29) is 5.88 Å². The van der Waals surface area contributed by atoms with Crippen LogP contribution in [-0.2, 0) is 0 Å². The lowest BCUT2D eigenvalue weighted by Gasteiger charge is -2.11. The Kier molecular flexibility index (Phi) is 3.85. The molecule has 4 heteroatoms. The van der Waals surface area contributed by atoms with Gasteiger partial charge in [0.25, 0.3) is 0 Å². The van der Waals surface area contributed by atoms with Crippen molar-refractivity contribution < 1.29 is 9.84 Å². The molecule has 0 heterocycles. The first-order valence-electron chi connectivity index (χ1n) is 3.80. The molecule has 0 aromatic heterocycles. The third-order valence-corrected chi connectivity index (χ3v) is 2.04. The predicted molar refractivity (Wildman–Crippen MR) is 53.5 cm³/mol. The molecule has 0 radical (unpaired) electrons. The summed E-state index contributed by atoms with van der Waals surface area (Å²) in [6.45, 7) is 1.92. The van der Waals surface area contributed by atoms with Gasteiger partial charge in [-0.3, -0.25) is 0 Å². The zero-order chi connectivity index (χ0) is 9.84. The molecule has 0 aliphatic carbocycles. The lowest BCUT2D eigenvalue weighted by atomic mass is 10.2. The van der Waals surface area contributed by atoms with E-state index in [9.17, 15) is 0 Å². The largest absolute Gasteiger partial charge is 0.462 e. The van der Waals surface area contributed by atoms with Crippen LogP contribution < -0.4 is 4.74 Å². The fourth-order valence-corrected chi connectivity index (χ4v) is 1.22. The molecule has 1 atom stereocenters. The molecule has 13 heavy (non-hydrogen) atoms. The SMILES string of the molecule is Cc1ccc(OC(O)CCl)c(Cl)c1. The van der Waals surface area contributed by atoms with E-state index in [0.29, 0.717) is 10.8 Å². The fraction of sp³-hybridized carbons (Fsp3) is 0.333. The molecule has 2 nitrogen and oxygen atoms in total. The summed E-state index contributed by atoms with van der Waals surface area (Å²) in [6.07, 6.45) is -1.01. The molecule has 1 aromatic rings. The quantitative estimate of drug-likeness (QED) is 0.627. The van der Waals surface area contributed by atoms with Gasteiger partial charge in [-0.1, -0.05) is 17.7 Å². The van der Waals surface area contributed by atoms with Crippen LogP contribution in [0.2, 0.25) is 5.02 Å². The molecule has 0 spiro atoms. The van der Waals surface area contributed by atoms with Gasteiger partial charge in [0.2, 0.25) is 6.29 Å². The van der Waals surface area contributed by atoms with E-state index in [4.69, 9.17) is 33.0 Å². The minimum atomic E-state index is -1.01. The van der Waals surface area contributed by atoms with Crippen LogP contribution in [-0.4, -0.2) is 17.3 Å². The Labute approximate surface area is 87.0 Å². The lowest BCUT2D eigenvalue weighted by Crippen LogP contribution is -2.17. The van der Waals surface area contributed by atoms with Crippen LogP contribution in [0.5, 0.6) is 5.75 Å². The molecule has 0 aliphatic heterocycles. The van der Waals surface area contributed by atoms with Crippen LogP contribution >= 0.6 is 23.2 Å². The van der Waals surface area contributed by atoms with Crippen molar-refractivity contribution in [1.29, 1.82) is 0 Å². The number of benzene rings is 1. The summed E-state index contributed by atoms with van der Waals surface area (Å²) < 4.78 is 5.04. The summed E-state index contributed by atoms with van der Waals surface area (Å²) >= 11 is 11.2. The second-order valence-electron chi connectivity index (χ2n) is 2.66. The van der Waals surface area contributed by atoms with Gasteiger partial charge in [-0.25, -0.2) is 0 Å². The second kappa shape index (κ2) is 4.70. The summed E-state index contributed by atoms with van der Waals surface area (Å²) in [6, 6.07) is 5.31. The van der Waals surface area contributed by atoms with Crippen molar-refractivity contribution in [2.24, 2.45) is 0 Å². The summed E-state index contributed by atoms with van der Waals surface area (Å²) in [5.74, 6) is 0.463. The molecule has 1 rings (SSSR count). The molecule has 0 fully saturated rings. The Balaban J connectivity index is 2.77. The molecule has 72 valence electrons. The highest BCUT2D eigenvalue weighted by Gasteiger charge is 2.06. The number of rotatable bonds is 3. The van der Waals surface area contributed by atoms with Crippen LogP contribution in [0.4, 0.5) is 0 Å². The highest BCUT2D eigenvalue weighted by atomic mass is 35.5. The van der Waals surface area contributed by atoms with E-state index in [2.05, 4.69) is 0 Å². The van der Waals surface area contributed by atoms with Crippen LogP contribution in [0.25, 0.3) is 0 Å². The number of hydrogen-bond acceptors (Lipinski definition) is 2. The van der Waals surface area contributed by atoms with Gasteiger partial charge < -0.3 is 9.84 Å². The topological polar surface area (TPSA) is 29.5 Å². The van der Waals surface area contributed by atoms with Gasteiger partial charge in [0.1, 0.15) is 5.75 Å². The Morgan fingerprint density at radius 1 is 1.54 bits per heavy atom. The number of aliphatic hydroxyl groups excluding tert-OH is 1. The third-order valence-electron chi connectivity index (χ3n) is 1.48. The first kappa shape index (κ1) is 10.6. The highest BCUT2D eigenvalue weighted by Crippen LogP contribution is 2.25. The number of aryl methyl sites for hydroxylation is 1. The third kappa shape index (κ3) is 3.07. The number of hydrogen-bond donors (Lipinski definition) is 1. The monoisotopic (exact) mass is 220 g/mol. The average molecular weight is 221 g/mol. The number of aliphatic hydroxyl groups is 1. The van der Waals surface area contributed by atoms with Gasteiger partial charge in [-0.15, -0.1) is 11.6 Å². The average Bonchev–Trinajstić information content (AvgIpc) is 2.09.